The Hall–Kier alpha value is -3.87. The summed E-state index contributed by atoms with van der Waals surface area (Å²) in [6.45, 7) is 7.36. The lowest BCUT2D eigenvalue weighted by Crippen LogP contribution is -2.46. The summed E-state index contributed by atoms with van der Waals surface area (Å²) in [6, 6.07) is 10.7. The van der Waals surface area contributed by atoms with Gasteiger partial charge in [-0.25, -0.2) is 4.79 Å². The van der Waals surface area contributed by atoms with E-state index in [0.29, 0.717) is 55.5 Å². The number of ether oxygens (including phenoxy) is 3. The van der Waals surface area contributed by atoms with Gasteiger partial charge in [0.15, 0.2) is 11.6 Å². The van der Waals surface area contributed by atoms with Crippen molar-refractivity contribution >= 4 is 29.3 Å². The molecule has 2 N–H and O–H groups in total. The highest BCUT2D eigenvalue weighted by molar-refractivity contribution is 5.99. The number of amides is 2. The van der Waals surface area contributed by atoms with Crippen molar-refractivity contribution in [3.05, 3.63) is 48.3 Å². The number of nitrogens with zero attached hydrogens (tertiary/aromatic N) is 6. The van der Waals surface area contributed by atoms with Crippen molar-refractivity contribution < 1.29 is 19.0 Å². The molecule has 0 radical (unpaired) electrons. The van der Waals surface area contributed by atoms with Crippen molar-refractivity contribution in [1.82, 2.24) is 19.9 Å². The number of urea groups is 1. The molecule has 0 aliphatic carbocycles. The molecule has 2 amide bonds. The van der Waals surface area contributed by atoms with E-state index in [4.69, 9.17) is 29.2 Å². The summed E-state index contributed by atoms with van der Waals surface area (Å²) in [4.78, 5) is 35.4. The van der Waals surface area contributed by atoms with Gasteiger partial charge in [0, 0.05) is 67.8 Å². The zero-order valence-electron chi connectivity index (χ0n) is 21.9. The molecule has 3 aliphatic heterocycles. The van der Waals surface area contributed by atoms with Crippen LogP contribution in [0.1, 0.15) is 18.5 Å². The van der Waals surface area contributed by atoms with Crippen LogP contribution in [0, 0.1) is 6.92 Å². The number of piperidine rings is 1. The Bertz CT molecular complexity index is 1300. The van der Waals surface area contributed by atoms with Crippen molar-refractivity contribution in [1.29, 1.82) is 0 Å². The van der Waals surface area contributed by atoms with Crippen LogP contribution in [0.5, 0.6) is 0 Å². The maximum Gasteiger partial charge on any atom is 0.323 e. The molecule has 1 spiro atoms. The summed E-state index contributed by atoms with van der Waals surface area (Å²) in [7, 11) is 0. The molecule has 6 rings (SSSR count). The summed E-state index contributed by atoms with van der Waals surface area (Å²) in [5, 5.41) is 5.68. The number of anilines is 4. The lowest BCUT2D eigenvalue weighted by atomic mass is 10.0. The largest absolute Gasteiger partial charge is 0.378 e. The molecular formula is C27H32N8O4. The quantitative estimate of drug-likeness (QED) is 0.506. The molecule has 39 heavy (non-hydrogen) atoms. The van der Waals surface area contributed by atoms with Crippen molar-refractivity contribution in [2.75, 3.05) is 73.0 Å². The lowest BCUT2D eigenvalue weighted by molar-refractivity contribution is -0.169. The van der Waals surface area contributed by atoms with Gasteiger partial charge in [-0.15, -0.1) is 0 Å². The summed E-state index contributed by atoms with van der Waals surface area (Å²) in [5.74, 6) is 1.40. The minimum Gasteiger partial charge on any atom is -0.378 e. The number of carbonyl (C=O) groups excluding carboxylic acids is 1. The van der Waals surface area contributed by atoms with Gasteiger partial charge in [-0.2, -0.15) is 15.0 Å². The van der Waals surface area contributed by atoms with Gasteiger partial charge in [-0.1, -0.05) is 0 Å². The van der Waals surface area contributed by atoms with E-state index in [1.54, 1.807) is 12.3 Å². The van der Waals surface area contributed by atoms with Gasteiger partial charge in [0.1, 0.15) is 0 Å². The van der Waals surface area contributed by atoms with E-state index in [1.165, 1.54) is 0 Å². The minimum atomic E-state index is -0.468. The number of pyridine rings is 1. The first-order valence-electron chi connectivity index (χ1n) is 13.3. The smallest absolute Gasteiger partial charge is 0.323 e. The summed E-state index contributed by atoms with van der Waals surface area (Å²) < 4.78 is 17.3. The fourth-order valence-electron chi connectivity index (χ4n) is 4.98. The first kappa shape index (κ1) is 25.4. The van der Waals surface area contributed by atoms with Gasteiger partial charge < -0.3 is 34.6 Å². The van der Waals surface area contributed by atoms with Gasteiger partial charge in [-0.3, -0.25) is 4.98 Å². The third-order valence-electron chi connectivity index (χ3n) is 7.08. The second-order valence-electron chi connectivity index (χ2n) is 9.80. The van der Waals surface area contributed by atoms with Crippen LogP contribution in [0.2, 0.25) is 0 Å². The molecule has 204 valence electrons. The summed E-state index contributed by atoms with van der Waals surface area (Å²) >= 11 is 0. The normalized spacial score (nSPS) is 18.8. The molecule has 3 aliphatic rings. The van der Waals surface area contributed by atoms with Crippen LogP contribution in [0.25, 0.3) is 11.4 Å². The molecular weight excluding hydrogens is 500 g/mol. The molecule has 0 unspecified atom stereocenters. The van der Waals surface area contributed by atoms with Gasteiger partial charge >= 0.3 is 6.03 Å². The second kappa shape index (κ2) is 11.1. The number of benzene rings is 1. The molecule has 3 aromatic rings. The van der Waals surface area contributed by atoms with Crippen LogP contribution < -0.4 is 20.4 Å². The highest BCUT2D eigenvalue weighted by atomic mass is 16.7. The molecule has 0 bridgehead atoms. The fourth-order valence-corrected chi connectivity index (χ4v) is 4.98. The number of nitrogens with one attached hydrogen (secondary N) is 2. The van der Waals surface area contributed by atoms with E-state index in [-0.39, 0.29) is 6.03 Å². The molecule has 0 atom stereocenters. The Labute approximate surface area is 226 Å². The van der Waals surface area contributed by atoms with E-state index in [0.717, 1.165) is 50.3 Å². The Morgan fingerprint density at radius 3 is 2.13 bits per heavy atom. The molecule has 3 fully saturated rings. The monoisotopic (exact) mass is 532 g/mol. The van der Waals surface area contributed by atoms with Gasteiger partial charge in [0.2, 0.25) is 11.9 Å². The second-order valence-corrected chi connectivity index (χ2v) is 9.80. The van der Waals surface area contributed by atoms with Crippen LogP contribution in [0.4, 0.5) is 28.1 Å². The van der Waals surface area contributed by atoms with Crippen molar-refractivity contribution in [2.45, 2.75) is 25.6 Å². The van der Waals surface area contributed by atoms with E-state index < -0.39 is 5.79 Å². The summed E-state index contributed by atoms with van der Waals surface area (Å²) in [5.41, 5.74) is 3.00. The van der Waals surface area contributed by atoms with Gasteiger partial charge in [0.05, 0.1) is 26.4 Å². The predicted molar refractivity (Wildman–Crippen MR) is 146 cm³/mol. The standard InChI is InChI=1S/C27H32N8O4/c1-19-18-22(6-9-28-19)30-26(36)29-21-4-2-20(3-5-21)23-31-24(33-25(32-23)35-12-14-37-15-13-35)34-10-7-27(8-11-34)38-16-17-39-27/h2-6,9,18H,7-8,10-17H2,1H3,(H2,28,29,30,36). The predicted octanol–water partition coefficient (Wildman–Crippen LogP) is 3.07. The molecule has 2 aromatic heterocycles. The summed E-state index contributed by atoms with van der Waals surface area (Å²) in [6.07, 6.45) is 3.19. The molecule has 12 nitrogen and oxygen atoms in total. The first-order valence-corrected chi connectivity index (χ1v) is 13.3. The molecule has 3 saturated heterocycles. The number of aryl methyl sites for hydroxylation is 1. The third kappa shape index (κ3) is 5.92. The Morgan fingerprint density at radius 1 is 0.821 bits per heavy atom. The van der Waals surface area contributed by atoms with Crippen LogP contribution in [0.15, 0.2) is 42.6 Å². The number of carbonyl (C=O) groups is 1. The van der Waals surface area contributed by atoms with Crippen molar-refractivity contribution in [3.63, 3.8) is 0 Å². The Morgan fingerprint density at radius 2 is 1.46 bits per heavy atom. The van der Waals surface area contributed by atoms with E-state index in [2.05, 4.69) is 25.4 Å². The topological polar surface area (TPSA) is 127 Å². The molecule has 0 saturated carbocycles. The average molecular weight is 533 g/mol. The van der Waals surface area contributed by atoms with Crippen LogP contribution in [-0.4, -0.2) is 84.4 Å². The van der Waals surface area contributed by atoms with Crippen LogP contribution in [-0.2, 0) is 14.2 Å². The van der Waals surface area contributed by atoms with Gasteiger partial charge in [0.25, 0.3) is 0 Å². The number of morpholine rings is 1. The minimum absolute atomic E-state index is 0.330. The third-order valence-corrected chi connectivity index (χ3v) is 7.08. The maximum atomic E-state index is 12.5. The number of rotatable bonds is 5. The molecule has 5 heterocycles. The highest BCUT2D eigenvalue weighted by Gasteiger charge is 2.40. The van der Waals surface area contributed by atoms with Crippen LogP contribution >= 0.6 is 0 Å². The van der Waals surface area contributed by atoms with E-state index in [9.17, 15) is 4.79 Å². The van der Waals surface area contributed by atoms with Crippen LogP contribution in [0.3, 0.4) is 0 Å². The Balaban J connectivity index is 1.20. The number of aromatic nitrogens is 4. The van der Waals surface area contributed by atoms with Crippen molar-refractivity contribution in [3.8, 4) is 11.4 Å². The zero-order chi connectivity index (χ0) is 26.7. The van der Waals surface area contributed by atoms with Gasteiger partial charge in [-0.05, 0) is 43.3 Å². The van der Waals surface area contributed by atoms with E-state index >= 15 is 0 Å². The molecule has 12 heteroatoms. The lowest BCUT2D eigenvalue weighted by Gasteiger charge is -2.37. The SMILES string of the molecule is Cc1cc(NC(=O)Nc2ccc(-c3nc(N4CCOCC4)nc(N4CCC5(CC4)OCCO5)n3)cc2)ccn1. The average Bonchev–Trinajstić information content (AvgIpc) is 3.42. The highest BCUT2D eigenvalue weighted by Crippen LogP contribution is 2.33. The Kier molecular flexibility index (Phi) is 7.22. The van der Waals surface area contributed by atoms with E-state index in [1.807, 2.05) is 37.3 Å². The number of hydrogen-bond acceptors (Lipinski definition) is 10. The number of hydrogen-bond donors (Lipinski definition) is 2. The maximum absolute atomic E-state index is 12.5. The van der Waals surface area contributed by atoms with Crippen molar-refractivity contribution in [2.24, 2.45) is 0 Å². The molecule has 1 aromatic carbocycles. The first-order chi connectivity index (χ1) is 19.1. The fraction of sp³-hybridized carbons (Fsp3) is 0.444. The zero-order valence-corrected chi connectivity index (χ0v) is 21.9.